The fourth-order valence-corrected chi connectivity index (χ4v) is 1.88. The van der Waals surface area contributed by atoms with Gasteiger partial charge in [0.15, 0.2) is 0 Å². The minimum atomic E-state index is -0.0469. The number of carbonyl (C=O) groups is 1. The first-order chi connectivity index (χ1) is 8.33. The topological polar surface area (TPSA) is 38.8 Å². The number of hydrogen-bond acceptors (Lipinski definition) is 4. The third-order valence-electron chi connectivity index (χ3n) is 2.97. The summed E-state index contributed by atoms with van der Waals surface area (Å²) in [6.45, 7) is 7.34. The zero-order chi connectivity index (χ0) is 12.3. The Labute approximate surface area is 104 Å². The Morgan fingerprint density at radius 3 is 2.71 bits per heavy atom. The maximum absolute atomic E-state index is 11.4. The van der Waals surface area contributed by atoms with Crippen LogP contribution in [0.3, 0.4) is 0 Å². The SMILES string of the molecule is CCCCCOC(=O)CCCN1CCOCC1. The summed E-state index contributed by atoms with van der Waals surface area (Å²) < 4.78 is 10.4. The van der Waals surface area contributed by atoms with Crippen LogP contribution in [-0.2, 0) is 14.3 Å². The van der Waals surface area contributed by atoms with E-state index in [0.29, 0.717) is 13.0 Å². The predicted molar refractivity (Wildman–Crippen MR) is 67.0 cm³/mol. The van der Waals surface area contributed by atoms with Crippen LogP contribution >= 0.6 is 0 Å². The second kappa shape index (κ2) is 9.42. The quantitative estimate of drug-likeness (QED) is 0.481. The van der Waals surface area contributed by atoms with Gasteiger partial charge in [-0.3, -0.25) is 9.69 Å². The highest BCUT2D eigenvalue weighted by Crippen LogP contribution is 2.02. The van der Waals surface area contributed by atoms with Crippen molar-refractivity contribution in [3.63, 3.8) is 0 Å². The summed E-state index contributed by atoms with van der Waals surface area (Å²) >= 11 is 0. The first-order valence-corrected chi connectivity index (χ1v) is 6.78. The number of ether oxygens (including phenoxy) is 2. The van der Waals surface area contributed by atoms with E-state index in [1.807, 2.05) is 0 Å². The first-order valence-electron chi connectivity index (χ1n) is 6.78. The van der Waals surface area contributed by atoms with E-state index in [1.165, 1.54) is 0 Å². The molecule has 0 N–H and O–H groups in total. The summed E-state index contributed by atoms with van der Waals surface area (Å²) in [4.78, 5) is 13.7. The van der Waals surface area contributed by atoms with Crippen LogP contribution in [-0.4, -0.2) is 50.3 Å². The van der Waals surface area contributed by atoms with Crippen LogP contribution in [0.1, 0.15) is 39.0 Å². The van der Waals surface area contributed by atoms with Crippen LogP contribution in [0.25, 0.3) is 0 Å². The van der Waals surface area contributed by atoms with Gasteiger partial charge in [-0.05, 0) is 19.4 Å². The van der Waals surface area contributed by atoms with E-state index in [1.54, 1.807) is 0 Å². The molecule has 0 atom stereocenters. The van der Waals surface area contributed by atoms with E-state index < -0.39 is 0 Å². The zero-order valence-corrected chi connectivity index (χ0v) is 11.0. The Hall–Kier alpha value is -0.610. The van der Waals surface area contributed by atoms with Gasteiger partial charge in [-0.2, -0.15) is 0 Å². The lowest BCUT2D eigenvalue weighted by Gasteiger charge is -2.26. The van der Waals surface area contributed by atoms with E-state index in [-0.39, 0.29) is 5.97 Å². The minimum absolute atomic E-state index is 0.0469. The molecule has 0 amide bonds. The Bertz CT molecular complexity index is 203. The Balaban J connectivity index is 1.92. The van der Waals surface area contributed by atoms with Gasteiger partial charge in [0.1, 0.15) is 0 Å². The van der Waals surface area contributed by atoms with Crippen LogP contribution in [0.5, 0.6) is 0 Å². The molecule has 1 rings (SSSR count). The van der Waals surface area contributed by atoms with Crippen molar-refractivity contribution in [1.29, 1.82) is 0 Å². The number of rotatable bonds is 8. The van der Waals surface area contributed by atoms with Crippen LogP contribution in [0.15, 0.2) is 0 Å². The van der Waals surface area contributed by atoms with E-state index >= 15 is 0 Å². The molecule has 100 valence electrons. The number of unbranched alkanes of at least 4 members (excludes halogenated alkanes) is 2. The minimum Gasteiger partial charge on any atom is -0.466 e. The lowest BCUT2D eigenvalue weighted by molar-refractivity contribution is -0.144. The molecule has 0 aliphatic carbocycles. The van der Waals surface area contributed by atoms with Crippen molar-refractivity contribution in [2.75, 3.05) is 39.5 Å². The van der Waals surface area contributed by atoms with Gasteiger partial charge in [0, 0.05) is 19.5 Å². The fourth-order valence-electron chi connectivity index (χ4n) is 1.88. The molecule has 4 nitrogen and oxygen atoms in total. The van der Waals surface area contributed by atoms with Crippen molar-refractivity contribution in [3.05, 3.63) is 0 Å². The van der Waals surface area contributed by atoms with Gasteiger partial charge in [0.25, 0.3) is 0 Å². The molecule has 1 fully saturated rings. The van der Waals surface area contributed by atoms with Crippen LogP contribution < -0.4 is 0 Å². The molecule has 0 radical (unpaired) electrons. The molecule has 1 heterocycles. The molecule has 0 bridgehead atoms. The molecule has 0 aromatic rings. The molecular formula is C13H25NO3. The number of nitrogens with zero attached hydrogens (tertiary/aromatic N) is 1. The molecule has 0 unspecified atom stereocenters. The van der Waals surface area contributed by atoms with Gasteiger partial charge in [-0.1, -0.05) is 19.8 Å². The highest BCUT2D eigenvalue weighted by molar-refractivity contribution is 5.69. The monoisotopic (exact) mass is 243 g/mol. The molecule has 1 saturated heterocycles. The smallest absolute Gasteiger partial charge is 0.305 e. The molecule has 0 saturated carbocycles. The number of morpholine rings is 1. The molecule has 0 aromatic carbocycles. The second-order valence-electron chi connectivity index (χ2n) is 4.49. The van der Waals surface area contributed by atoms with Crippen molar-refractivity contribution in [3.8, 4) is 0 Å². The van der Waals surface area contributed by atoms with Gasteiger partial charge >= 0.3 is 5.97 Å². The van der Waals surface area contributed by atoms with Crippen molar-refractivity contribution in [2.24, 2.45) is 0 Å². The van der Waals surface area contributed by atoms with Crippen LogP contribution in [0, 0.1) is 0 Å². The summed E-state index contributed by atoms with van der Waals surface area (Å²) in [7, 11) is 0. The third-order valence-corrected chi connectivity index (χ3v) is 2.97. The summed E-state index contributed by atoms with van der Waals surface area (Å²) in [6.07, 6.45) is 4.73. The van der Waals surface area contributed by atoms with Crippen molar-refractivity contribution in [2.45, 2.75) is 39.0 Å². The average Bonchev–Trinajstić information content (AvgIpc) is 2.36. The molecule has 1 aliphatic heterocycles. The average molecular weight is 243 g/mol. The van der Waals surface area contributed by atoms with Crippen LogP contribution in [0.4, 0.5) is 0 Å². The summed E-state index contributed by atoms with van der Waals surface area (Å²) in [5.74, 6) is -0.0469. The number of carbonyl (C=O) groups excluding carboxylic acids is 1. The third kappa shape index (κ3) is 7.34. The molecule has 4 heteroatoms. The standard InChI is InChI=1S/C13H25NO3/c1-2-3-4-10-17-13(15)6-5-7-14-8-11-16-12-9-14/h2-12H2,1H3. The number of esters is 1. The van der Waals surface area contributed by atoms with Gasteiger partial charge in [0.2, 0.25) is 0 Å². The molecule has 1 aliphatic rings. The van der Waals surface area contributed by atoms with Gasteiger partial charge in [0.05, 0.1) is 19.8 Å². The van der Waals surface area contributed by atoms with Crippen LogP contribution in [0.2, 0.25) is 0 Å². The highest BCUT2D eigenvalue weighted by Gasteiger charge is 2.10. The normalized spacial score (nSPS) is 17.0. The summed E-state index contributed by atoms with van der Waals surface area (Å²) in [6, 6.07) is 0. The zero-order valence-electron chi connectivity index (χ0n) is 11.0. The molecule has 0 spiro atoms. The van der Waals surface area contributed by atoms with E-state index in [2.05, 4.69) is 11.8 Å². The Morgan fingerprint density at radius 1 is 1.24 bits per heavy atom. The van der Waals surface area contributed by atoms with Crippen molar-refractivity contribution in [1.82, 2.24) is 4.90 Å². The summed E-state index contributed by atoms with van der Waals surface area (Å²) in [5, 5.41) is 0. The van der Waals surface area contributed by atoms with Gasteiger partial charge in [-0.15, -0.1) is 0 Å². The molecule has 0 aromatic heterocycles. The maximum atomic E-state index is 11.4. The van der Waals surface area contributed by atoms with Gasteiger partial charge < -0.3 is 9.47 Å². The molecular weight excluding hydrogens is 218 g/mol. The Kier molecular flexibility index (Phi) is 8.01. The maximum Gasteiger partial charge on any atom is 0.305 e. The predicted octanol–water partition coefficient (Wildman–Crippen LogP) is 1.83. The fraction of sp³-hybridized carbons (Fsp3) is 0.923. The lowest BCUT2D eigenvalue weighted by Crippen LogP contribution is -2.37. The first kappa shape index (κ1) is 14.5. The van der Waals surface area contributed by atoms with Crippen molar-refractivity contribution >= 4 is 5.97 Å². The summed E-state index contributed by atoms with van der Waals surface area (Å²) in [5.41, 5.74) is 0. The molecule has 17 heavy (non-hydrogen) atoms. The van der Waals surface area contributed by atoms with Gasteiger partial charge in [-0.25, -0.2) is 0 Å². The highest BCUT2D eigenvalue weighted by atomic mass is 16.5. The van der Waals surface area contributed by atoms with E-state index in [9.17, 15) is 4.79 Å². The lowest BCUT2D eigenvalue weighted by atomic mass is 10.2. The second-order valence-corrected chi connectivity index (χ2v) is 4.49. The van der Waals surface area contributed by atoms with Crippen molar-refractivity contribution < 1.29 is 14.3 Å². The van der Waals surface area contributed by atoms with E-state index in [0.717, 1.165) is 58.5 Å². The van der Waals surface area contributed by atoms with E-state index in [4.69, 9.17) is 9.47 Å². The largest absolute Gasteiger partial charge is 0.466 e. The number of hydrogen-bond donors (Lipinski definition) is 0. The Morgan fingerprint density at radius 2 is 2.00 bits per heavy atom.